The summed E-state index contributed by atoms with van der Waals surface area (Å²) in [5.41, 5.74) is 0.972. The van der Waals surface area contributed by atoms with E-state index in [-0.39, 0.29) is 0 Å². The maximum atomic E-state index is 2.54. The Morgan fingerprint density at radius 3 is 2.74 bits per heavy atom. The van der Waals surface area contributed by atoms with Gasteiger partial charge in [0.1, 0.15) is 0 Å². The van der Waals surface area contributed by atoms with Crippen LogP contribution in [0.15, 0.2) is 36.5 Å². The van der Waals surface area contributed by atoms with E-state index in [2.05, 4.69) is 50.3 Å². The Labute approximate surface area is 117 Å². The van der Waals surface area contributed by atoms with Gasteiger partial charge in [-0.3, -0.25) is 0 Å². The van der Waals surface area contributed by atoms with Crippen LogP contribution >= 0.6 is 0 Å². The van der Waals surface area contributed by atoms with Crippen LogP contribution in [0.4, 0.5) is 0 Å². The van der Waals surface area contributed by atoms with Gasteiger partial charge >= 0.3 is 0 Å². The van der Waals surface area contributed by atoms with Crippen molar-refractivity contribution in [2.75, 3.05) is 0 Å². The van der Waals surface area contributed by atoms with Crippen LogP contribution in [-0.2, 0) is 0 Å². The molecule has 0 saturated heterocycles. The summed E-state index contributed by atoms with van der Waals surface area (Å²) in [5.74, 6) is 3.62. The van der Waals surface area contributed by atoms with Crippen LogP contribution < -0.4 is 0 Å². The molecule has 6 atom stereocenters. The van der Waals surface area contributed by atoms with Crippen molar-refractivity contribution in [2.45, 2.75) is 46.0 Å². The summed E-state index contributed by atoms with van der Waals surface area (Å²) in [6, 6.07) is 0. The maximum absolute atomic E-state index is 2.54. The largest absolute Gasteiger partial charge is 0.0877 e. The Morgan fingerprint density at radius 2 is 1.84 bits per heavy atom. The normalized spacial score (nSPS) is 54.6. The first-order valence-corrected chi connectivity index (χ1v) is 8.17. The van der Waals surface area contributed by atoms with E-state index in [9.17, 15) is 0 Å². The average Bonchev–Trinajstić information content (AvgIpc) is 2.79. The fraction of sp³-hybridized carbons (Fsp3) is 0.684. The summed E-state index contributed by atoms with van der Waals surface area (Å²) < 4.78 is 0. The molecule has 0 bridgehead atoms. The monoisotopic (exact) mass is 254 g/mol. The van der Waals surface area contributed by atoms with Crippen molar-refractivity contribution in [3.63, 3.8) is 0 Å². The summed E-state index contributed by atoms with van der Waals surface area (Å²) in [6.45, 7) is 5.06. The van der Waals surface area contributed by atoms with E-state index in [1.807, 2.05) is 0 Å². The van der Waals surface area contributed by atoms with Crippen LogP contribution in [0.5, 0.6) is 0 Å². The molecular formula is C19H26. The minimum absolute atomic E-state index is 0.446. The van der Waals surface area contributed by atoms with Gasteiger partial charge < -0.3 is 0 Å². The summed E-state index contributed by atoms with van der Waals surface area (Å²) >= 11 is 0. The van der Waals surface area contributed by atoms with E-state index in [0.29, 0.717) is 10.8 Å². The highest BCUT2D eigenvalue weighted by Crippen LogP contribution is 2.63. The highest BCUT2D eigenvalue weighted by Gasteiger charge is 2.54. The molecule has 19 heavy (non-hydrogen) atoms. The third-order valence-corrected chi connectivity index (χ3v) is 7.08. The molecule has 0 heteroatoms. The molecule has 4 aliphatic carbocycles. The first-order valence-electron chi connectivity index (χ1n) is 8.17. The zero-order chi connectivity index (χ0) is 13.1. The van der Waals surface area contributed by atoms with E-state index in [0.717, 1.165) is 23.7 Å². The SMILES string of the molecule is C[C@@]12C=CC[C@H]1[C@@H]1CCC3C=CC=C[C@]3(C)[C@H]1CC2. The molecule has 0 heterocycles. The highest BCUT2D eigenvalue weighted by atomic mass is 14.6. The topological polar surface area (TPSA) is 0 Å². The summed E-state index contributed by atoms with van der Waals surface area (Å²) in [7, 11) is 0. The molecule has 1 unspecified atom stereocenters. The van der Waals surface area contributed by atoms with E-state index in [4.69, 9.17) is 0 Å². The van der Waals surface area contributed by atoms with Crippen molar-refractivity contribution in [2.24, 2.45) is 34.5 Å². The third kappa shape index (κ3) is 1.52. The van der Waals surface area contributed by atoms with Gasteiger partial charge in [0.15, 0.2) is 0 Å². The average molecular weight is 254 g/mol. The minimum atomic E-state index is 0.446. The van der Waals surface area contributed by atoms with Gasteiger partial charge in [0.25, 0.3) is 0 Å². The number of hydrogen-bond donors (Lipinski definition) is 0. The predicted octanol–water partition coefficient (Wildman–Crippen LogP) is 5.14. The molecule has 0 aliphatic heterocycles. The molecule has 0 radical (unpaired) electrons. The molecule has 2 fully saturated rings. The first kappa shape index (κ1) is 12.0. The van der Waals surface area contributed by atoms with Gasteiger partial charge in [-0.15, -0.1) is 0 Å². The Morgan fingerprint density at radius 1 is 0.947 bits per heavy atom. The summed E-state index contributed by atoms with van der Waals surface area (Å²) in [4.78, 5) is 0. The van der Waals surface area contributed by atoms with Crippen molar-refractivity contribution in [3.05, 3.63) is 36.5 Å². The number of rotatable bonds is 0. The Balaban J connectivity index is 1.69. The molecule has 0 N–H and O–H groups in total. The lowest BCUT2D eigenvalue weighted by molar-refractivity contribution is -0.0443. The van der Waals surface area contributed by atoms with Crippen LogP contribution in [0.3, 0.4) is 0 Å². The van der Waals surface area contributed by atoms with Crippen LogP contribution in [-0.4, -0.2) is 0 Å². The highest BCUT2D eigenvalue weighted by molar-refractivity contribution is 5.25. The van der Waals surface area contributed by atoms with E-state index < -0.39 is 0 Å². The molecule has 102 valence electrons. The minimum Gasteiger partial charge on any atom is -0.0877 e. The van der Waals surface area contributed by atoms with Gasteiger partial charge in [-0.25, -0.2) is 0 Å². The molecule has 0 amide bonds. The lowest BCUT2D eigenvalue weighted by Gasteiger charge is -2.57. The van der Waals surface area contributed by atoms with E-state index in [1.54, 1.807) is 0 Å². The van der Waals surface area contributed by atoms with Gasteiger partial charge in [0, 0.05) is 0 Å². The van der Waals surface area contributed by atoms with Gasteiger partial charge in [0.05, 0.1) is 0 Å². The van der Waals surface area contributed by atoms with Crippen LogP contribution in [0.1, 0.15) is 46.0 Å². The second-order valence-corrected chi connectivity index (χ2v) is 7.85. The maximum Gasteiger partial charge on any atom is -0.00496 e. The molecule has 0 nitrogen and oxygen atoms in total. The predicted molar refractivity (Wildman–Crippen MR) is 80.7 cm³/mol. The van der Waals surface area contributed by atoms with E-state index in [1.165, 1.54) is 32.1 Å². The van der Waals surface area contributed by atoms with Crippen molar-refractivity contribution < 1.29 is 0 Å². The second kappa shape index (κ2) is 3.87. The molecule has 0 aromatic rings. The standard InChI is InChI=1S/C19H26/c1-18-11-5-7-16(18)15-9-8-14-6-3-4-12-19(14,2)17(15)10-13-18/h3-6,11-12,14-17H,7-10,13H2,1-2H3/t14?,15-,16-,17-,18-,19-/m0/s1. The molecule has 2 saturated carbocycles. The van der Waals surface area contributed by atoms with Crippen molar-refractivity contribution in [1.29, 1.82) is 0 Å². The van der Waals surface area contributed by atoms with Gasteiger partial charge in [-0.2, -0.15) is 0 Å². The number of fused-ring (bicyclic) bond motifs is 5. The number of allylic oxidation sites excluding steroid dienone is 6. The Hall–Kier alpha value is -0.780. The molecule has 4 rings (SSSR count). The van der Waals surface area contributed by atoms with Gasteiger partial charge in [-0.05, 0) is 66.6 Å². The lowest BCUT2D eigenvalue weighted by Crippen LogP contribution is -2.50. The smallest absolute Gasteiger partial charge is 0.00496 e. The summed E-state index contributed by atoms with van der Waals surface area (Å²) in [5, 5.41) is 0. The van der Waals surface area contributed by atoms with Crippen LogP contribution in [0.2, 0.25) is 0 Å². The fourth-order valence-corrected chi connectivity index (χ4v) is 5.91. The molecule has 0 spiro atoms. The quantitative estimate of drug-likeness (QED) is 0.525. The van der Waals surface area contributed by atoms with Crippen molar-refractivity contribution in [3.8, 4) is 0 Å². The third-order valence-electron chi connectivity index (χ3n) is 7.08. The zero-order valence-electron chi connectivity index (χ0n) is 12.3. The van der Waals surface area contributed by atoms with Gasteiger partial charge in [0.2, 0.25) is 0 Å². The number of hydrogen-bond acceptors (Lipinski definition) is 0. The zero-order valence-corrected chi connectivity index (χ0v) is 12.3. The van der Waals surface area contributed by atoms with Crippen LogP contribution in [0.25, 0.3) is 0 Å². The molecule has 0 aromatic carbocycles. The summed E-state index contributed by atoms with van der Waals surface area (Å²) in [6.07, 6.45) is 21.7. The molecular weight excluding hydrogens is 228 g/mol. The molecule has 0 aromatic heterocycles. The Bertz CT molecular complexity index is 468. The van der Waals surface area contributed by atoms with Crippen molar-refractivity contribution >= 4 is 0 Å². The van der Waals surface area contributed by atoms with Crippen LogP contribution in [0, 0.1) is 34.5 Å². The van der Waals surface area contributed by atoms with Crippen molar-refractivity contribution in [1.82, 2.24) is 0 Å². The van der Waals surface area contributed by atoms with E-state index >= 15 is 0 Å². The Kier molecular flexibility index (Phi) is 2.44. The van der Waals surface area contributed by atoms with Gasteiger partial charge in [-0.1, -0.05) is 50.3 Å². The fourth-order valence-electron chi connectivity index (χ4n) is 5.91. The first-order chi connectivity index (χ1) is 9.13. The lowest BCUT2D eigenvalue weighted by atomic mass is 9.47. The molecule has 4 aliphatic rings. The second-order valence-electron chi connectivity index (χ2n) is 7.85.